The minimum Gasteiger partial charge on any atom is -0.273 e. The number of hydroxylamine groups is 2. The molecular weight excluding hydrogens is 190 g/mol. The third kappa shape index (κ3) is 5.17. The summed E-state index contributed by atoms with van der Waals surface area (Å²) in [6, 6.07) is 0. The highest BCUT2D eigenvalue weighted by atomic mass is 16.7. The highest BCUT2D eigenvalue weighted by Crippen LogP contribution is 2.11. The van der Waals surface area contributed by atoms with Gasteiger partial charge in [0.25, 0.3) is 0 Å². The molecule has 88 valence electrons. The lowest BCUT2D eigenvalue weighted by molar-refractivity contribution is -0.208. The van der Waals surface area contributed by atoms with Crippen molar-refractivity contribution < 1.29 is 9.63 Å². The monoisotopic (exact) mass is 213 g/mol. The first-order chi connectivity index (χ1) is 7.34. The third-order valence-electron chi connectivity index (χ3n) is 2.80. The average molecular weight is 213 g/mol. The molecule has 15 heavy (non-hydrogen) atoms. The number of amides is 1. The predicted octanol–water partition coefficient (Wildman–Crippen LogP) is 2.90. The summed E-state index contributed by atoms with van der Waals surface area (Å²) in [6.07, 6.45) is 9.65. The summed E-state index contributed by atoms with van der Waals surface area (Å²) in [6.45, 7) is 3.73. The molecule has 1 amide bonds. The predicted molar refractivity (Wildman–Crippen MR) is 60.3 cm³/mol. The molecule has 1 aliphatic heterocycles. The second-order valence-electron chi connectivity index (χ2n) is 4.20. The molecule has 0 spiro atoms. The lowest BCUT2D eigenvalue weighted by atomic mass is 10.1. The van der Waals surface area contributed by atoms with Crippen LogP contribution in [0.1, 0.15) is 58.3 Å². The van der Waals surface area contributed by atoms with Crippen molar-refractivity contribution in [3.63, 3.8) is 0 Å². The van der Waals surface area contributed by atoms with E-state index in [4.69, 9.17) is 4.84 Å². The molecule has 0 radical (unpaired) electrons. The van der Waals surface area contributed by atoms with Gasteiger partial charge in [-0.2, -0.15) is 0 Å². The van der Waals surface area contributed by atoms with Gasteiger partial charge >= 0.3 is 0 Å². The van der Waals surface area contributed by atoms with E-state index in [1.54, 1.807) is 0 Å². The number of β-lactam (4-membered cyclic amide) rings is 1. The van der Waals surface area contributed by atoms with E-state index < -0.39 is 0 Å². The Hall–Kier alpha value is -0.570. The molecule has 0 aliphatic carbocycles. The fourth-order valence-corrected chi connectivity index (χ4v) is 1.66. The van der Waals surface area contributed by atoms with Gasteiger partial charge < -0.3 is 0 Å². The van der Waals surface area contributed by atoms with Crippen LogP contribution in [0, 0.1) is 0 Å². The van der Waals surface area contributed by atoms with E-state index in [0.29, 0.717) is 13.0 Å². The smallest absolute Gasteiger partial charge is 0.248 e. The van der Waals surface area contributed by atoms with E-state index in [-0.39, 0.29) is 5.91 Å². The van der Waals surface area contributed by atoms with Crippen molar-refractivity contribution in [2.24, 2.45) is 0 Å². The van der Waals surface area contributed by atoms with Crippen LogP contribution in [0.3, 0.4) is 0 Å². The van der Waals surface area contributed by atoms with Gasteiger partial charge in [0, 0.05) is 6.42 Å². The summed E-state index contributed by atoms with van der Waals surface area (Å²) < 4.78 is 0. The fraction of sp³-hybridized carbons (Fsp3) is 0.917. The number of hydrogen-bond acceptors (Lipinski definition) is 2. The Morgan fingerprint density at radius 1 is 1.13 bits per heavy atom. The lowest BCUT2D eigenvalue weighted by Crippen LogP contribution is -2.43. The minimum atomic E-state index is 0.137. The minimum absolute atomic E-state index is 0.137. The summed E-state index contributed by atoms with van der Waals surface area (Å²) in [5.41, 5.74) is 0. The molecule has 3 nitrogen and oxygen atoms in total. The number of unbranched alkanes of at least 4 members (excludes halogenated alkanes) is 6. The van der Waals surface area contributed by atoms with Gasteiger partial charge in [-0.3, -0.25) is 9.63 Å². The molecule has 1 aliphatic rings. The lowest BCUT2D eigenvalue weighted by Gasteiger charge is -2.28. The van der Waals surface area contributed by atoms with E-state index in [0.717, 1.165) is 13.0 Å². The summed E-state index contributed by atoms with van der Waals surface area (Å²) in [5.74, 6) is 0.137. The normalized spacial score (nSPS) is 15.5. The van der Waals surface area contributed by atoms with Crippen molar-refractivity contribution in [2.75, 3.05) is 13.2 Å². The molecule has 0 N–H and O–H groups in total. The average Bonchev–Trinajstić information content (AvgIpc) is 2.25. The molecule has 1 saturated heterocycles. The molecule has 0 saturated carbocycles. The summed E-state index contributed by atoms with van der Waals surface area (Å²) in [5, 5.41) is 1.48. The van der Waals surface area contributed by atoms with E-state index in [2.05, 4.69) is 6.92 Å². The van der Waals surface area contributed by atoms with Crippen LogP contribution < -0.4 is 0 Å². The maximum atomic E-state index is 10.9. The molecule has 0 atom stereocenters. The largest absolute Gasteiger partial charge is 0.273 e. The van der Waals surface area contributed by atoms with Gasteiger partial charge in [0.2, 0.25) is 5.91 Å². The summed E-state index contributed by atoms with van der Waals surface area (Å²) >= 11 is 0. The highest BCUT2D eigenvalue weighted by molar-refractivity contribution is 5.80. The molecule has 3 heteroatoms. The topological polar surface area (TPSA) is 29.5 Å². The first-order valence-corrected chi connectivity index (χ1v) is 6.28. The molecular formula is C12H23NO2. The number of carbonyl (C=O) groups excluding carboxylic acids is 1. The van der Waals surface area contributed by atoms with Crippen molar-refractivity contribution in [3.05, 3.63) is 0 Å². The number of nitrogens with zero attached hydrogens (tertiary/aromatic N) is 1. The molecule has 1 fully saturated rings. The zero-order valence-corrected chi connectivity index (χ0v) is 9.83. The zero-order valence-electron chi connectivity index (χ0n) is 9.83. The summed E-state index contributed by atoms with van der Waals surface area (Å²) in [4.78, 5) is 16.2. The van der Waals surface area contributed by atoms with Crippen LogP contribution >= 0.6 is 0 Å². The molecule has 1 heterocycles. The van der Waals surface area contributed by atoms with Gasteiger partial charge in [-0.25, -0.2) is 5.06 Å². The fourth-order valence-electron chi connectivity index (χ4n) is 1.66. The quantitative estimate of drug-likeness (QED) is 0.435. The summed E-state index contributed by atoms with van der Waals surface area (Å²) in [7, 11) is 0. The maximum absolute atomic E-state index is 10.9. The van der Waals surface area contributed by atoms with Crippen molar-refractivity contribution in [2.45, 2.75) is 58.3 Å². The first kappa shape index (κ1) is 12.5. The van der Waals surface area contributed by atoms with Crippen molar-refractivity contribution in [1.82, 2.24) is 5.06 Å². The number of rotatable bonds is 9. The van der Waals surface area contributed by atoms with Crippen LogP contribution in [0.2, 0.25) is 0 Å². The van der Waals surface area contributed by atoms with Crippen LogP contribution in [0.25, 0.3) is 0 Å². The number of hydrogen-bond donors (Lipinski definition) is 0. The molecule has 1 rings (SSSR count). The Balaban J connectivity index is 1.75. The van der Waals surface area contributed by atoms with Gasteiger partial charge in [-0.05, 0) is 6.42 Å². The van der Waals surface area contributed by atoms with Crippen LogP contribution in [-0.2, 0) is 9.63 Å². The van der Waals surface area contributed by atoms with Crippen LogP contribution in [0.5, 0.6) is 0 Å². The van der Waals surface area contributed by atoms with Gasteiger partial charge in [0.15, 0.2) is 0 Å². The van der Waals surface area contributed by atoms with Crippen LogP contribution in [0.4, 0.5) is 0 Å². The Morgan fingerprint density at radius 2 is 1.80 bits per heavy atom. The van der Waals surface area contributed by atoms with Gasteiger partial charge in [0.1, 0.15) is 0 Å². The molecule has 0 aromatic rings. The van der Waals surface area contributed by atoms with Crippen molar-refractivity contribution in [1.29, 1.82) is 0 Å². The van der Waals surface area contributed by atoms with Crippen molar-refractivity contribution in [3.8, 4) is 0 Å². The Labute approximate surface area is 92.7 Å². The van der Waals surface area contributed by atoms with E-state index in [1.165, 1.54) is 43.6 Å². The van der Waals surface area contributed by atoms with Gasteiger partial charge in [-0.1, -0.05) is 45.4 Å². The van der Waals surface area contributed by atoms with Crippen molar-refractivity contribution >= 4 is 5.91 Å². The molecule has 0 aromatic heterocycles. The zero-order chi connectivity index (χ0) is 10.9. The van der Waals surface area contributed by atoms with Gasteiger partial charge in [-0.15, -0.1) is 0 Å². The highest BCUT2D eigenvalue weighted by Gasteiger charge is 2.24. The van der Waals surface area contributed by atoms with Crippen LogP contribution in [-0.4, -0.2) is 24.1 Å². The molecule has 0 unspecified atom stereocenters. The Kier molecular flexibility index (Phi) is 6.41. The van der Waals surface area contributed by atoms with Gasteiger partial charge in [0.05, 0.1) is 13.2 Å². The second-order valence-corrected chi connectivity index (χ2v) is 4.20. The standard InChI is InChI=1S/C12H23NO2/c1-2-3-4-5-6-7-8-11-15-13-10-9-12(13)14/h2-11H2,1H3. The molecule has 0 bridgehead atoms. The van der Waals surface area contributed by atoms with E-state index in [1.807, 2.05) is 0 Å². The Morgan fingerprint density at radius 3 is 2.33 bits per heavy atom. The van der Waals surface area contributed by atoms with E-state index in [9.17, 15) is 4.79 Å². The molecule has 0 aromatic carbocycles. The number of carbonyl (C=O) groups is 1. The Bertz CT molecular complexity index is 182. The SMILES string of the molecule is CCCCCCCCCON1CCC1=O. The van der Waals surface area contributed by atoms with Crippen LogP contribution in [0.15, 0.2) is 0 Å². The second kappa shape index (κ2) is 7.69. The first-order valence-electron chi connectivity index (χ1n) is 6.28. The third-order valence-corrected chi connectivity index (χ3v) is 2.80. The van der Waals surface area contributed by atoms with E-state index >= 15 is 0 Å². The maximum Gasteiger partial charge on any atom is 0.248 e.